The summed E-state index contributed by atoms with van der Waals surface area (Å²) >= 11 is 0. The fourth-order valence-corrected chi connectivity index (χ4v) is 3.78. The smallest absolute Gasteiger partial charge is 0.410 e. The van der Waals surface area contributed by atoms with Gasteiger partial charge in [-0.2, -0.15) is 0 Å². The lowest BCUT2D eigenvalue weighted by atomic mass is 9.95. The van der Waals surface area contributed by atoms with Gasteiger partial charge < -0.3 is 29.7 Å². The van der Waals surface area contributed by atoms with Crippen molar-refractivity contribution in [2.75, 3.05) is 53.0 Å². The zero-order valence-corrected chi connectivity index (χ0v) is 22.1. The predicted octanol–water partition coefficient (Wildman–Crippen LogP) is 3.39. The van der Waals surface area contributed by atoms with Crippen LogP contribution in [0, 0.1) is 5.92 Å². The van der Waals surface area contributed by atoms with E-state index in [1.165, 1.54) is 0 Å². The van der Waals surface area contributed by atoms with E-state index in [0.717, 1.165) is 83.9 Å². The number of carbonyl (C=O) groups excluding carboxylic acids is 1. The Bertz CT molecular complexity index is 536. The Hall–Kier alpha value is -0.810. The van der Waals surface area contributed by atoms with Gasteiger partial charge in [-0.05, 0) is 65.2 Å². The van der Waals surface area contributed by atoms with Crippen LogP contribution in [0.5, 0.6) is 0 Å². The number of guanidine groups is 1. The largest absolute Gasteiger partial charge is 0.444 e. The molecule has 0 aliphatic carbocycles. The molecule has 31 heavy (non-hydrogen) atoms. The molecule has 0 bridgehead atoms. The highest BCUT2D eigenvalue weighted by molar-refractivity contribution is 14.0. The zero-order chi connectivity index (χ0) is 21.8. The lowest BCUT2D eigenvalue weighted by molar-refractivity contribution is 0.0162. The van der Waals surface area contributed by atoms with Crippen LogP contribution < -0.4 is 10.6 Å². The van der Waals surface area contributed by atoms with Crippen molar-refractivity contribution in [2.24, 2.45) is 10.9 Å². The number of rotatable bonds is 9. The van der Waals surface area contributed by atoms with Crippen molar-refractivity contribution in [3.05, 3.63) is 0 Å². The van der Waals surface area contributed by atoms with Crippen molar-refractivity contribution >= 4 is 36.0 Å². The molecule has 2 aliphatic rings. The van der Waals surface area contributed by atoms with Crippen LogP contribution in [0.4, 0.5) is 4.79 Å². The second-order valence-electron chi connectivity index (χ2n) is 9.21. The highest BCUT2D eigenvalue weighted by Gasteiger charge is 2.27. The van der Waals surface area contributed by atoms with Crippen molar-refractivity contribution < 1.29 is 19.0 Å². The molecule has 2 N–H and O–H groups in total. The number of ether oxygens (including phenoxy) is 3. The van der Waals surface area contributed by atoms with E-state index in [1.807, 2.05) is 25.7 Å². The van der Waals surface area contributed by atoms with E-state index in [4.69, 9.17) is 14.2 Å². The molecule has 0 radical (unpaired) electrons. The number of nitrogens with zero attached hydrogens (tertiary/aromatic N) is 2. The summed E-state index contributed by atoms with van der Waals surface area (Å²) in [5, 5.41) is 6.71. The summed E-state index contributed by atoms with van der Waals surface area (Å²) in [6.07, 6.45) is 6.48. The molecular formula is C22H43IN4O4. The molecule has 2 unspecified atom stereocenters. The van der Waals surface area contributed by atoms with E-state index in [1.54, 1.807) is 7.05 Å². The van der Waals surface area contributed by atoms with Gasteiger partial charge in [-0.15, -0.1) is 24.0 Å². The first-order valence-corrected chi connectivity index (χ1v) is 11.5. The van der Waals surface area contributed by atoms with Crippen molar-refractivity contribution in [1.29, 1.82) is 0 Å². The van der Waals surface area contributed by atoms with Gasteiger partial charge >= 0.3 is 6.09 Å². The maximum atomic E-state index is 12.3. The fourth-order valence-electron chi connectivity index (χ4n) is 3.78. The zero-order valence-electron chi connectivity index (χ0n) is 19.8. The number of hydrogen-bond acceptors (Lipinski definition) is 5. The lowest BCUT2D eigenvalue weighted by Crippen LogP contribution is -2.44. The van der Waals surface area contributed by atoms with Gasteiger partial charge in [0.25, 0.3) is 0 Å². The number of nitrogens with one attached hydrogen (secondary N) is 2. The SMILES string of the molecule is CN=C(NCCCOCC1CCCO1)NCCC1CCCN(C(=O)OC(C)(C)C)C1.I. The Kier molecular flexibility index (Phi) is 13.8. The maximum Gasteiger partial charge on any atom is 0.410 e. The number of likely N-dealkylation sites (tertiary alicyclic amines) is 1. The van der Waals surface area contributed by atoms with Crippen molar-refractivity contribution in [3.8, 4) is 0 Å². The molecule has 2 fully saturated rings. The number of piperidine rings is 1. The number of carbonyl (C=O) groups is 1. The van der Waals surface area contributed by atoms with Crippen LogP contribution in [0.25, 0.3) is 0 Å². The molecule has 8 nitrogen and oxygen atoms in total. The second-order valence-corrected chi connectivity index (χ2v) is 9.21. The normalized spacial score (nSPS) is 22.1. The third-order valence-electron chi connectivity index (χ3n) is 5.32. The minimum absolute atomic E-state index is 0. The standard InChI is InChI=1S/C22H42N4O4.HI/c1-22(2,3)30-21(27)26-13-5-8-18(16-26)10-12-25-20(23-4)24-11-7-14-28-17-19-9-6-15-29-19;/h18-19H,5-17H2,1-4H3,(H2,23,24,25);1H. The molecule has 0 aromatic carbocycles. The van der Waals surface area contributed by atoms with E-state index < -0.39 is 5.60 Å². The predicted molar refractivity (Wildman–Crippen MR) is 134 cm³/mol. The minimum Gasteiger partial charge on any atom is -0.444 e. The van der Waals surface area contributed by atoms with Gasteiger partial charge in [-0.25, -0.2) is 4.79 Å². The van der Waals surface area contributed by atoms with E-state index >= 15 is 0 Å². The van der Waals surface area contributed by atoms with Crippen LogP contribution in [0.15, 0.2) is 4.99 Å². The first kappa shape index (κ1) is 28.2. The summed E-state index contributed by atoms with van der Waals surface area (Å²) in [6.45, 7) is 11.2. The molecule has 182 valence electrons. The summed E-state index contributed by atoms with van der Waals surface area (Å²) in [4.78, 5) is 18.4. The number of aliphatic imine (C=N–C) groups is 1. The average molecular weight is 555 g/mol. The van der Waals surface area contributed by atoms with Crippen LogP contribution in [-0.4, -0.2) is 81.7 Å². The van der Waals surface area contributed by atoms with Gasteiger partial charge in [0.2, 0.25) is 0 Å². The fraction of sp³-hybridized carbons (Fsp3) is 0.909. The van der Waals surface area contributed by atoms with E-state index in [0.29, 0.717) is 18.6 Å². The number of halogens is 1. The van der Waals surface area contributed by atoms with Crippen molar-refractivity contribution in [2.45, 2.75) is 71.0 Å². The quantitative estimate of drug-likeness (QED) is 0.197. The van der Waals surface area contributed by atoms with Gasteiger partial charge in [0.15, 0.2) is 5.96 Å². The topological polar surface area (TPSA) is 84.4 Å². The van der Waals surface area contributed by atoms with Crippen LogP contribution in [0.1, 0.15) is 59.3 Å². The summed E-state index contributed by atoms with van der Waals surface area (Å²) in [5.41, 5.74) is -0.445. The Morgan fingerprint density at radius 2 is 1.97 bits per heavy atom. The average Bonchev–Trinajstić information content (AvgIpc) is 3.21. The molecule has 2 saturated heterocycles. The van der Waals surface area contributed by atoms with Crippen molar-refractivity contribution in [1.82, 2.24) is 15.5 Å². The van der Waals surface area contributed by atoms with Gasteiger partial charge in [-0.3, -0.25) is 4.99 Å². The maximum absolute atomic E-state index is 12.3. The lowest BCUT2D eigenvalue weighted by Gasteiger charge is -2.34. The third kappa shape index (κ3) is 12.1. The van der Waals surface area contributed by atoms with E-state index in [2.05, 4.69) is 15.6 Å². The number of amides is 1. The first-order valence-electron chi connectivity index (χ1n) is 11.5. The highest BCUT2D eigenvalue weighted by atomic mass is 127. The summed E-state index contributed by atoms with van der Waals surface area (Å²) < 4.78 is 16.7. The molecule has 2 aliphatic heterocycles. The van der Waals surface area contributed by atoms with E-state index in [9.17, 15) is 4.79 Å². The monoisotopic (exact) mass is 554 g/mol. The Balaban J connectivity index is 0.00000480. The molecular weight excluding hydrogens is 511 g/mol. The van der Waals surface area contributed by atoms with Gasteiger partial charge in [0.05, 0.1) is 12.7 Å². The molecule has 1 amide bonds. The molecule has 9 heteroatoms. The van der Waals surface area contributed by atoms with E-state index in [-0.39, 0.29) is 30.1 Å². The Morgan fingerprint density at radius 3 is 2.65 bits per heavy atom. The van der Waals surface area contributed by atoms with Crippen molar-refractivity contribution in [3.63, 3.8) is 0 Å². The molecule has 0 spiro atoms. The van der Waals surface area contributed by atoms with Gasteiger partial charge in [0.1, 0.15) is 5.60 Å². The summed E-state index contributed by atoms with van der Waals surface area (Å²) in [6, 6.07) is 0. The number of hydrogen-bond donors (Lipinski definition) is 2. The van der Waals surface area contributed by atoms with Crippen LogP contribution in [0.3, 0.4) is 0 Å². The van der Waals surface area contributed by atoms with Crippen LogP contribution in [-0.2, 0) is 14.2 Å². The molecule has 2 heterocycles. The molecule has 0 aromatic rings. The molecule has 2 rings (SSSR count). The van der Waals surface area contributed by atoms with Crippen LogP contribution in [0.2, 0.25) is 0 Å². The minimum atomic E-state index is -0.445. The summed E-state index contributed by atoms with van der Waals surface area (Å²) in [7, 11) is 1.79. The summed E-state index contributed by atoms with van der Waals surface area (Å²) in [5.74, 6) is 1.30. The van der Waals surface area contributed by atoms with Crippen LogP contribution >= 0.6 is 24.0 Å². The Labute approximate surface area is 205 Å². The third-order valence-corrected chi connectivity index (χ3v) is 5.32. The molecule has 0 saturated carbocycles. The first-order chi connectivity index (χ1) is 14.4. The molecule has 0 aromatic heterocycles. The highest BCUT2D eigenvalue weighted by Crippen LogP contribution is 2.21. The van der Waals surface area contributed by atoms with Gasteiger partial charge in [-0.1, -0.05) is 0 Å². The molecule has 2 atom stereocenters. The van der Waals surface area contributed by atoms with Gasteiger partial charge in [0, 0.05) is 46.4 Å². The Morgan fingerprint density at radius 1 is 1.19 bits per heavy atom. The second kappa shape index (κ2) is 15.1.